The maximum atomic E-state index is 12.2. The van der Waals surface area contributed by atoms with Crippen LogP contribution in [0.2, 0.25) is 0 Å². The molecule has 1 aliphatic rings. The molecule has 3 rings (SSSR count). The largest absolute Gasteiger partial charge is 0.497 e. The zero-order chi connectivity index (χ0) is 19.2. The summed E-state index contributed by atoms with van der Waals surface area (Å²) in [4.78, 5) is 19.6. The average molecular weight is 382 g/mol. The number of aliphatic imine (C=N–C) groups is 1. The molecule has 1 aliphatic heterocycles. The lowest BCUT2D eigenvalue weighted by molar-refractivity contribution is -0.115. The minimum atomic E-state index is -0.125. The van der Waals surface area contributed by atoms with Gasteiger partial charge < -0.3 is 15.0 Å². The van der Waals surface area contributed by atoms with Gasteiger partial charge in [0.2, 0.25) is 0 Å². The van der Waals surface area contributed by atoms with E-state index in [1.807, 2.05) is 42.5 Å². The molecule has 1 heterocycles. The van der Waals surface area contributed by atoms with Crippen molar-refractivity contribution in [3.05, 3.63) is 59.0 Å². The Balaban J connectivity index is 1.73. The SMILES string of the molecule is CCN(CC)c1ccc(/C=C2\SC(=Nc3ccc(OC)cc3)NC2=O)cc1. The van der Waals surface area contributed by atoms with Crippen molar-refractivity contribution in [2.24, 2.45) is 4.99 Å². The quantitative estimate of drug-likeness (QED) is 0.752. The molecule has 27 heavy (non-hydrogen) atoms. The van der Waals surface area contributed by atoms with Gasteiger partial charge in [0, 0.05) is 18.8 Å². The molecule has 0 radical (unpaired) electrons. The van der Waals surface area contributed by atoms with Crippen molar-refractivity contribution in [1.82, 2.24) is 5.32 Å². The summed E-state index contributed by atoms with van der Waals surface area (Å²) in [6.45, 7) is 6.23. The van der Waals surface area contributed by atoms with Crippen LogP contribution in [0.25, 0.3) is 6.08 Å². The third-order valence-corrected chi connectivity index (χ3v) is 5.18. The summed E-state index contributed by atoms with van der Waals surface area (Å²) < 4.78 is 5.14. The number of benzene rings is 2. The van der Waals surface area contributed by atoms with Crippen LogP contribution in [0.15, 0.2) is 58.4 Å². The molecule has 0 saturated carbocycles. The number of nitrogens with zero attached hydrogens (tertiary/aromatic N) is 2. The van der Waals surface area contributed by atoms with Crippen molar-refractivity contribution in [2.75, 3.05) is 25.1 Å². The normalized spacial score (nSPS) is 16.6. The van der Waals surface area contributed by atoms with E-state index in [-0.39, 0.29) is 5.91 Å². The monoisotopic (exact) mass is 381 g/mol. The molecule has 1 fully saturated rings. The Morgan fingerprint density at radius 1 is 1.07 bits per heavy atom. The van der Waals surface area contributed by atoms with Gasteiger partial charge >= 0.3 is 0 Å². The van der Waals surface area contributed by atoms with E-state index in [2.05, 4.69) is 41.2 Å². The molecule has 5 nitrogen and oxygen atoms in total. The molecule has 0 aromatic heterocycles. The molecule has 0 unspecified atom stereocenters. The summed E-state index contributed by atoms with van der Waals surface area (Å²) in [7, 11) is 1.62. The number of anilines is 1. The van der Waals surface area contributed by atoms with Gasteiger partial charge in [0.1, 0.15) is 5.75 Å². The third kappa shape index (κ3) is 4.71. The number of ether oxygens (including phenoxy) is 1. The Labute approximate surface area is 164 Å². The van der Waals surface area contributed by atoms with Crippen LogP contribution >= 0.6 is 11.8 Å². The number of methoxy groups -OCH3 is 1. The van der Waals surface area contributed by atoms with Gasteiger partial charge in [0.05, 0.1) is 17.7 Å². The van der Waals surface area contributed by atoms with Gasteiger partial charge in [-0.3, -0.25) is 4.79 Å². The maximum Gasteiger partial charge on any atom is 0.264 e. The van der Waals surface area contributed by atoms with Crippen molar-refractivity contribution in [2.45, 2.75) is 13.8 Å². The van der Waals surface area contributed by atoms with Gasteiger partial charge in [0.15, 0.2) is 5.17 Å². The van der Waals surface area contributed by atoms with Gasteiger partial charge in [-0.15, -0.1) is 0 Å². The van der Waals surface area contributed by atoms with Gasteiger partial charge in [-0.25, -0.2) is 4.99 Å². The maximum absolute atomic E-state index is 12.2. The highest BCUT2D eigenvalue weighted by atomic mass is 32.2. The Kier molecular flexibility index (Phi) is 6.19. The number of hydrogen-bond acceptors (Lipinski definition) is 5. The van der Waals surface area contributed by atoms with Gasteiger partial charge in [0.25, 0.3) is 5.91 Å². The average Bonchev–Trinajstić information content (AvgIpc) is 3.03. The number of rotatable bonds is 6. The summed E-state index contributed by atoms with van der Waals surface area (Å²) in [5.41, 5.74) is 2.95. The lowest BCUT2D eigenvalue weighted by atomic mass is 10.2. The van der Waals surface area contributed by atoms with Crippen LogP contribution in [0.3, 0.4) is 0 Å². The number of amidine groups is 1. The molecule has 0 bridgehead atoms. The molecule has 2 aromatic rings. The number of nitrogens with one attached hydrogen (secondary N) is 1. The highest BCUT2D eigenvalue weighted by molar-refractivity contribution is 8.18. The Morgan fingerprint density at radius 3 is 2.33 bits per heavy atom. The van der Waals surface area contributed by atoms with Crippen LogP contribution in [0, 0.1) is 0 Å². The van der Waals surface area contributed by atoms with Crippen molar-refractivity contribution in [3.63, 3.8) is 0 Å². The fourth-order valence-electron chi connectivity index (χ4n) is 2.78. The summed E-state index contributed by atoms with van der Waals surface area (Å²) in [6, 6.07) is 15.6. The van der Waals surface area contributed by atoms with E-state index in [0.717, 1.165) is 30.1 Å². The topological polar surface area (TPSA) is 53.9 Å². The molecular weight excluding hydrogens is 358 g/mol. The van der Waals surface area contributed by atoms with E-state index in [1.165, 1.54) is 17.4 Å². The summed E-state index contributed by atoms with van der Waals surface area (Å²) >= 11 is 1.35. The van der Waals surface area contributed by atoms with Crippen LogP contribution in [0.4, 0.5) is 11.4 Å². The summed E-state index contributed by atoms with van der Waals surface area (Å²) in [5.74, 6) is 0.649. The van der Waals surface area contributed by atoms with Gasteiger partial charge in [-0.2, -0.15) is 0 Å². The van der Waals surface area contributed by atoms with Gasteiger partial charge in [-0.05, 0) is 73.6 Å². The van der Waals surface area contributed by atoms with Crippen LogP contribution in [-0.2, 0) is 4.79 Å². The Morgan fingerprint density at radius 2 is 1.74 bits per heavy atom. The van der Waals surface area contributed by atoms with Crippen LogP contribution in [0.1, 0.15) is 19.4 Å². The van der Waals surface area contributed by atoms with Gasteiger partial charge in [-0.1, -0.05) is 12.1 Å². The van der Waals surface area contributed by atoms with Crippen molar-refractivity contribution >= 4 is 40.3 Å². The van der Waals surface area contributed by atoms with E-state index >= 15 is 0 Å². The number of hydrogen-bond donors (Lipinski definition) is 1. The standard InChI is InChI=1S/C21H23N3O2S/c1-4-24(5-2)17-10-6-15(7-11-17)14-19-20(25)23-21(27-19)22-16-8-12-18(26-3)13-9-16/h6-14H,4-5H2,1-3H3,(H,22,23,25)/b19-14-. The first-order chi connectivity index (χ1) is 13.1. The summed E-state index contributed by atoms with van der Waals surface area (Å²) in [6.07, 6.45) is 1.89. The zero-order valence-electron chi connectivity index (χ0n) is 15.7. The molecule has 1 saturated heterocycles. The Hall–Kier alpha value is -2.73. The molecule has 1 amide bonds. The van der Waals surface area contributed by atoms with E-state index in [1.54, 1.807) is 7.11 Å². The second-order valence-corrected chi connectivity index (χ2v) is 6.97. The van der Waals surface area contributed by atoms with E-state index < -0.39 is 0 Å². The fraction of sp³-hybridized carbons (Fsp3) is 0.238. The molecule has 140 valence electrons. The number of carbonyl (C=O) groups excluding carboxylic acids is 1. The highest BCUT2D eigenvalue weighted by Gasteiger charge is 2.23. The fourth-order valence-corrected chi connectivity index (χ4v) is 3.62. The second-order valence-electron chi connectivity index (χ2n) is 5.94. The highest BCUT2D eigenvalue weighted by Crippen LogP contribution is 2.29. The number of carbonyl (C=O) groups is 1. The molecule has 2 aromatic carbocycles. The van der Waals surface area contributed by atoms with Crippen LogP contribution in [-0.4, -0.2) is 31.3 Å². The summed E-state index contributed by atoms with van der Waals surface area (Å²) in [5, 5.41) is 3.40. The predicted molar refractivity (Wildman–Crippen MR) is 114 cm³/mol. The van der Waals surface area contributed by atoms with Crippen molar-refractivity contribution in [1.29, 1.82) is 0 Å². The zero-order valence-corrected chi connectivity index (χ0v) is 16.5. The first-order valence-corrected chi connectivity index (χ1v) is 9.73. The van der Waals surface area contributed by atoms with E-state index in [9.17, 15) is 4.79 Å². The van der Waals surface area contributed by atoms with Crippen molar-refractivity contribution in [3.8, 4) is 5.75 Å². The van der Waals surface area contributed by atoms with Crippen molar-refractivity contribution < 1.29 is 9.53 Å². The molecule has 1 N–H and O–H groups in total. The van der Waals surface area contributed by atoms with E-state index in [4.69, 9.17) is 4.74 Å². The van der Waals surface area contributed by atoms with Crippen LogP contribution in [0.5, 0.6) is 5.75 Å². The Bertz CT molecular complexity index is 854. The lowest BCUT2D eigenvalue weighted by Gasteiger charge is -2.20. The number of thioether (sulfide) groups is 1. The van der Waals surface area contributed by atoms with E-state index in [0.29, 0.717) is 10.1 Å². The third-order valence-electron chi connectivity index (χ3n) is 4.27. The second kappa shape index (κ2) is 8.77. The number of amides is 1. The lowest BCUT2D eigenvalue weighted by Crippen LogP contribution is -2.21. The minimum Gasteiger partial charge on any atom is -0.497 e. The molecule has 0 spiro atoms. The smallest absolute Gasteiger partial charge is 0.264 e. The molecular formula is C21H23N3O2S. The minimum absolute atomic E-state index is 0.125. The molecule has 6 heteroatoms. The first-order valence-electron chi connectivity index (χ1n) is 8.91. The first kappa shape index (κ1) is 19.0. The molecule has 0 atom stereocenters. The molecule has 0 aliphatic carbocycles. The predicted octanol–water partition coefficient (Wildman–Crippen LogP) is 4.43. The van der Waals surface area contributed by atoms with Crippen LogP contribution < -0.4 is 15.0 Å².